The van der Waals surface area contributed by atoms with Gasteiger partial charge < -0.3 is 5.32 Å². The first-order chi connectivity index (χ1) is 9.13. The molecule has 1 aliphatic heterocycles. The summed E-state index contributed by atoms with van der Waals surface area (Å²) in [6.07, 6.45) is 3.61. The molecule has 0 radical (unpaired) electrons. The van der Waals surface area contributed by atoms with Crippen molar-refractivity contribution in [1.29, 1.82) is 0 Å². The highest BCUT2D eigenvalue weighted by Gasteiger charge is 2.34. The van der Waals surface area contributed by atoms with E-state index in [1.54, 1.807) is 0 Å². The van der Waals surface area contributed by atoms with Crippen molar-refractivity contribution in [1.82, 2.24) is 10.2 Å². The molecule has 2 fully saturated rings. The molecule has 1 saturated carbocycles. The number of benzene rings is 1. The Morgan fingerprint density at radius 3 is 2.47 bits per heavy atom. The molecule has 1 aromatic rings. The molecule has 2 atom stereocenters. The zero-order chi connectivity index (χ0) is 13.4. The van der Waals surface area contributed by atoms with Crippen molar-refractivity contribution in [2.75, 3.05) is 20.1 Å². The van der Waals surface area contributed by atoms with Crippen molar-refractivity contribution in [3.63, 3.8) is 0 Å². The molecule has 1 aromatic carbocycles. The van der Waals surface area contributed by atoms with Gasteiger partial charge in [-0.3, -0.25) is 4.90 Å². The van der Waals surface area contributed by atoms with Gasteiger partial charge in [0.05, 0.1) is 0 Å². The Kier molecular flexibility index (Phi) is 3.54. The molecular weight excluding hydrogens is 246 g/mol. The maximum atomic E-state index is 13.4. The van der Waals surface area contributed by atoms with Gasteiger partial charge in [0.25, 0.3) is 0 Å². The minimum atomic E-state index is -0.482. The summed E-state index contributed by atoms with van der Waals surface area (Å²) in [5, 5.41) is 3.53. The number of nitrogens with one attached hydrogen (secondary N) is 1. The first-order valence-corrected chi connectivity index (χ1v) is 7.03. The van der Waals surface area contributed by atoms with Crippen LogP contribution in [0.1, 0.15) is 30.9 Å². The van der Waals surface area contributed by atoms with Crippen LogP contribution in [-0.2, 0) is 0 Å². The Bertz CT molecular complexity index is 439. The summed E-state index contributed by atoms with van der Waals surface area (Å²) in [6.45, 7) is 1.93. The third-order valence-electron chi connectivity index (χ3n) is 4.25. The number of hydrogen-bond donors (Lipinski definition) is 1. The van der Waals surface area contributed by atoms with Crippen LogP contribution in [0.15, 0.2) is 18.2 Å². The molecule has 104 valence electrons. The summed E-state index contributed by atoms with van der Waals surface area (Å²) in [7, 11) is 2.03. The summed E-state index contributed by atoms with van der Waals surface area (Å²) >= 11 is 0. The first kappa shape index (κ1) is 13.0. The van der Waals surface area contributed by atoms with E-state index in [9.17, 15) is 8.78 Å². The SMILES string of the molecule is CN1CCC(CNC2CC2)C1c1cc(F)cc(F)c1. The second-order valence-electron chi connectivity index (χ2n) is 5.86. The number of nitrogens with zero attached hydrogens (tertiary/aromatic N) is 1. The predicted octanol–water partition coefficient (Wildman–Crippen LogP) is 2.71. The molecule has 4 heteroatoms. The number of likely N-dealkylation sites (tertiary alicyclic amines) is 1. The highest BCUT2D eigenvalue weighted by Crippen LogP contribution is 2.36. The van der Waals surface area contributed by atoms with Gasteiger partial charge in [-0.1, -0.05) is 0 Å². The van der Waals surface area contributed by atoms with E-state index in [1.165, 1.54) is 25.0 Å². The standard InChI is InChI=1S/C15H20F2N2/c1-19-5-4-10(9-18-14-2-3-14)15(19)11-6-12(16)8-13(17)7-11/h6-8,10,14-15,18H,2-5,9H2,1H3. The Morgan fingerprint density at radius 1 is 1.16 bits per heavy atom. The van der Waals surface area contributed by atoms with Gasteiger partial charge in [0.1, 0.15) is 11.6 Å². The van der Waals surface area contributed by atoms with E-state index in [0.29, 0.717) is 12.0 Å². The van der Waals surface area contributed by atoms with Gasteiger partial charge in [-0.25, -0.2) is 8.78 Å². The van der Waals surface area contributed by atoms with Crippen LogP contribution >= 0.6 is 0 Å². The third kappa shape index (κ3) is 2.95. The van der Waals surface area contributed by atoms with E-state index in [-0.39, 0.29) is 6.04 Å². The summed E-state index contributed by atoms with van der Waals surface area (Å²) in [4.78, 5) is 2.20. The molecule has 3 rings (SSSR count). The van der Waals surface area contributed by atoms with Crippen molar-refractivity contribution in [3.8, 4) is 0 Å². The molecule has 0 amide bonds. The molecule has 2 nitrogen and oxygen atoms in total. The van der Waals surface area contributed by atoms with Gasteiger partial charge in [0.2, 0.25) is 0 Å². The predicted molar refractivity (Wildman–Crippen MR) is 70.9 cm³/mol. The van der Waals surface area contributed by atoms with Crippen molar-refractivity contribution in [2.45, 2.75) is 31.3 Å². The van der Waals surface area contributed by atoms with Gasteiger partial charge in [-0.2, -0.15) is 0 Å². The lowest BCUT2D eigenvalue weighted by molar-refractivity contribution is 0.270. The van der Waals surface area contributed by atoms with Gasteiger partial charge in [-0.15, -0.1) is 0 Å². The smallest absolute Gasteiger partial charge is 0.126 e. The molecular formula is C15H20F2N2. The lowest BCUT2D eigenvalue weighted by atomic mass is 9.93. The Hall–Kier alpha value is -1.00. The topological polar surface area (TPSA) is 15.3 Å². The molecule has 1 N–H and O–H groups in total. The highest BCUT2D eigenvalue weighted by atomic mass is 19.1. The van der Waals surface area contributed by atoms with Crippen LogP contribution in [0.25, 0.3) is 0 Å². The summed E-state index contributed by atoms with van der Waals surface area (Å²) in [5.74, 6) is -0.528. The van der Waals surface area contributed by atoms with E-state index in [2.05, 4.69) is 10.2 Å². The second kappa shape index (κ2) is 5.17. The summed E-state index contributed by atoms with van der Waals surface area (Å²) in [5.41, 5.74) is 0.764. The van der Waals surface area contributed by atoms with Crippen LogP contribution in [-0.4, -0.2) is 31.1 Å². The van der Waals surface area contributed by atoms with Gasteiger partial charge >= 0.3 is 0 Å². The Labute approximate surface area is 112 Å². The molecule has 2 aliphatic rings. The summed E-state index contributed by atoms with van der Waals surface area (Å²) < 4.78 is 26.8. The monoisotopic (exact) mass is 266 g/mol. The highest BCUT2D eigenvalue weighted by molar-refractivity contribution is 5.23. The number of halogens is 2. The van der Waals surface area contributed by atoms with Crippen molar-refractivity contribution in [2.24, 2.45) is 5.92 Å². The number of hydrogen-bond acceptors (Lipinski definition) is 2. The van der Waals surface area contributed by atoms with Crippen molar-refractivity contribution >= 4 is 0 Å². The second-order valence-corrected chi connectivity index (χ2v) is 5.86. The molecule has 2 unspecified atom stereocenters. The minimum absolute atomic E-state index is 0.122. The normalized spacial score (nSPS) is 27.9. The van der Waals surface area contributed by atoms with Crippen LogP contribution < -0.4 is 5.32 Å². The van der Waals surface area contributed by atoms with E-state index in [0.717, 1.165) is 31.1 Å². The van der Waals surface area contributed by atoms with Crippen LogP contribution in [0.2, 0.25) is 0 Å². The third-order valence-corrected chi connectivity index (χ3v) is 4.25. The first-order valence-electron chi connectivity index (χ1n) is 7.03. The molecule has 1 saturated heterocycles. The van der Waals surface area contributed by atoms with Crippen molar-refractivity contribution in [3.05, 3.63) is 35.4 Å². The van der Waals surface area contributed by atoms with Crippen LogP contribution in [0.3, 0.4) is 0 Å². The van der Waals surface area contributed by atoms with Gasteiger partial charge in [0, 0.05) is 24.7 Å². The molecule has 0 aromatic heterocycles. The average molecular weight is 266 g/mol. The molecule has 1 aliphatic carbocycles. The lowest BCUT2D eigenvalue weighted by Gasteiger charge is -2.26. The molecule has 19 heavy (non-hydrogen) atoms. The zero-order valence-electron chi connectivity index (χ0n) is 11.2. The maximum absolute atomic E-state index is 13.4. The molecule has 1 heterocycles. The van der Waals surface area contributed by atoms with E-state index in [1.807, 2.05) is 7.05 Å². The zero-order valence-corrected chi connectivity index (χ0v) is 11.2. The van der Waals surface area contributed by atoms with E-state index < -0.39 is 11.6 Å². The fraction of sp³-hybridized carbons (Fsp3) is 0.600. The maximum Gasteiger partial charge on any atom is 0.126 e. The Balaban J connectivity index is 1.77. The van der Waals surface area contributed by atoms with Crippen LogP contribution in [0.4, 0.5) is 8.78 Å². The Morgan fingerprint density at radius 2 is 1.84 bits per heavy atom. The van der Waals surface area contributed by atoms with Crippen LogP contribution in [0, 0.1) is 17.6 Å². The fourth-order valence-corrected chi connectivity index (χ4v) is 3.12. The van der Waals surface area contributed by atoms with Crippen LogP contribution in [0.5, 0.6) is 0 Å². The summed E-state index contributed by atoms with van der Waals surface area (Å²) in [6, 6.07) is 4.68. The lowest BCUT2D eigenvalue weighted by Crippen LogP contribution is -2.29. The minimum Gasteiger partial charge on any atom is -0.314 e. The fourth-order valence-electron chi connectivity index (χ4n) is 3.12. The molecule has 0 bridgehead atoms. The van der Waals surface area contributed by atoms with Gasteiger partial charge in [-0.05, 0) is 56.5 Å². The van der Waals surface area contributed by atoms with E-state index in [4.69, 9.17) is 0 Å². The number of rotatable bonds is 4. The largest absolute Gasteiger partial charge is 0.314 e. The van der Waals surface area contributed by atoms with Crippen molar-refractivity contribution < 1.29 is 8.78 Å². The average Bonchev–Trinajstić information content (AvgIpc) is 3.09. The van der Waals surface area contributed by atoms with Gasteiger partial charge in [0.15, 0.2) is 0 Å². The molecule has 0 spiro atoms. The quantitative estimate of drug-likeness (QED) is 0.901. The van der Waals surface area contributed by atoms with E-state index >= 15 is 0 Å².